The summed E-state index contributed by atoms with van der Waals surface area (Å²) in [6.07, 6.45) is 0.778. The van der Waals surface area contributed by atoms with E-state index in [-0.39, 0.29) is 5.39 Å². The first-order chi connectivity index (χ1) is 8.49. The fourth-order valence-corrected chi connectivity index (χ4v) is 1.79. The standard InChI is InChI=1S/C13H14FNO3/c1-8(2)5-6-15-11-4-3-9(14)7-10(11)12(16)18-13(15)17/h3-4,7-8H,5-6H2,1-2H3. The Morgan fingerprint density at radius 1 is 1.33 bits per heavy atom. The zero-order chi connectivity index (χ0) is 13.3. The molecule has 0 atom stereocenters. The van der Waals surface area contributed by atoms with Crippen molar-refractivity contribution in [3.05, 3.63) is 45.0 Å². The van der Waals surface area contributed by atoms with Crippen LogP contribution < -0.4 is 11.4 Å². The molecule has 0 N–H and O–H groups in total. The van der Waals surface area contributed by atoms with Crippen LogP contribution in [-0.4, -0.2) is 4.57 Å². The van der Waals surface area contributed by atoms with Gasteiger partial charge in [0.2, 0.25) is 0 Å². The minimum absolute atomic E-state index is 0.0957. The third-order valence-corrected chi connectivity index (χ3v) is 2.80. The topological polar surface area (TPSA) is 52.2 Å². The van der Waals surface area contributed by atoms with Crippen LogP contribution >= 0.6 is 0 Å². The summed E-state index contributed by atoms with van der Waals surface area (Å²) in [6.45, 7) is 4.51. The molecule has 2 rings (SSSR count). The Labute approximate surface area is 103 Å². The largest absolute Gasteiger partial charge is 0.422 e. The summed E-state index contributed by atoms with van der Waals surface area (Å²) in [5.74, 6) is -0.803. The molecule has 0 unspecified atom stereocenters. The van der Waals surface area contributed by atoms with E-state index in [1.54, 1.807) is 0 Å². The van der Waals surface area contributed by atoms with E-state index >= 15 is 0 Å². The zero-order valence-corrected chi connectivity index (χ0v) is 10.3. The summed E-state index contributed by atoms with van der Waals surface area (Å²) in [6, 6.07) is 3.75. The number of fused-ring (bicyclic) bond motifs is 1. The molecule has 1 aromatic carbocycles. The lowest BCUT2D eigenvalue weighted by molar-refractivity contribution is 0.399. The number of aromatic nitrogens is 1. The first-order valence-electron chi connectivity index (χ1n) is 5.82. The van der Waals surface area contributed by atoms with Crippen LogP contribution in [0.1, 0.15) is 20.3 Å². The molecule has 5 heteroatoms. The van der Waals surface area contributed by atoms with Crippen molar-refractivity contribution < 1.29 is 8.81 Å². The molecule has 0 radical (unpaired) electrons. The van der Waals surface area contributed by atoms with Crippen molar-refractivity contribution in [1.82, 2.24) is 4.57 Å². The van der Waals surface area contributed by atoms with Crippen LogP contribution in [0.25, 0.3) is 10.9 Å². The summed E-state index contributed by atoms with van der Waals surface area (Å²) >= 11 is 0. The molecule has 0 saturated carbocycles. The SMILES string of the molecule is CC(C)CCn1c(=O)oc(=O)c2cc(F)ccc21. The van der Waals surface area contributed by atoms with Crippen LogP contribution in [0.4, 0.5) is 4.39 Å². The molecule has 18 heavy (non-hydrogen) atoms. The van der Waals surface area contributed by atoms with E-state index in [2.05, 4.69) is 4.42 Å². The third kappa shape index (κ3) is 2.34. The molecule has 0 aliphatic heterocycles. The Hall–Kier alpha value is -1.91. The fraction of sp³-hybridized carbons (Fsp3) is 0.385. The van der Waals surface area contributed by atoms with E-state index in [1.165, 1.54) is 16.7 Å². The van der Waals surface area contributed by atoms with Gasteiger partial charge in [0.1, 0.15) is 5.82 Å². The summed E-state index contributed by atoms with van der Waals surface area (Å²) < 4.78 is 19.1. The van der Waals surface area contributed by atoms with Gasteiger partial charge in [-0.15, -0.1) is 0 Å². The van der Waals surface area contributed by atoms with Gasteiger partial charge >= 0.3 is 11.4 Å². The van der Waals surface area contributed by atoms with Crippen molar-refractivity contribution in [3.63, 3.8) is 0 Å². The minimum Gasteiger partial charge on any atom is -0.372 e. The second kappa shape index (κ2) is 4.76. The van der Waals surface area contributed by atoms with Gasteiger partial charge in [-0.05, 0) is 30.5 Å². The molecular formula is C13H14FNO3. The van der Waals surface area contributed by atoms with Crippen LogP contribution in [-0.2, 0) is 6.54 Å². The second-order valence-electron chi connectivity index (χ2n) is 4.65. The molecule has 1 aromatic heterocycles. The summed E-state index contributed by atoms with van der Waals surface area (Å²) in [4.78, 5) is 23.1. The summed E-state index contributed by atoms with van der Waals surface area (Å²) in [7, 11) is 0. The molecule has 0 aliphatic rings. The lowest BCUT2D eigenvalue weighted by Crippen LogP contribution is -2.25. The molecule has 4 nitrogen and oxygen atoms in total. The number of halogens is 1. The molecule has 96 valence electrons. The average molecular weight is 251 g/mol. The van der Waals surface area contributed by atoms with Crippen LogP contribution in [0.2, 0.25) is 0 Å². The molecule has 0 spiro atoms. The lowest BCUT2D eigenvalue weighted by Gasteiger charge is -2.09. The Morgan fingerprint density at radius 2 is 2.06 bits per heavy atom. The number of aryl methyl sites for hydroxylation is 1. The molecule has 0 fully saturated rings. The van der Waals surface area contributed by atoms with Gasteiger partial charge in [-0.1, -0.05) is 13.8 Å². The Balaban J connectivity index is 2.65. The fourth-order valence-electron chi connectivity index (χ4n) is 1.79. The van der Waals surface area contributed by atoms with E-state index in [0.29, 0.717) is 18.0 Å². The average Bonchev–Trinajstić information content (AvgIpc) is 2.29. The minimum atomic E-state index is -0.796. The first-order valence-corrected chi connectivity index (χ1v) is 5.82. The highest BCUT2D eigenvalue weighted by atomic mass is 19.1. The van der Waals surface area contributed by atoms with Gasteiger partial charge < -0.3 is 4.42 Å². The highest BCUT2D eigenvalue weighted by Crippen LogP contribution is 2.12. The van der Waals surface area contributed by atoms with Crippen molar-refractivity contribution in [2.75, 3.05) is 0 Å². The van der Waals surface area contributed by atoms with Crippen LogP contribution in [0, 0.1) is 11.7 Å². The molecule has 0 amide bonds. The molecule has 0 aliphatic carbocycles. The maximum atomic E-state index is 13.1. The number of benzene rings is 1. The van der Waals surface area contributed by atoms with Crippen LogP contribution in [0.15, 0.2) is 32.2 Å². The van der Waals surface area contributed by atoms with Gasteiger partial charge in [0, 0.05) is 6.54 Å². The van der Waals surface area contributed by atoms with Gasteiger partial charge in [-0.2, -0.15) is 0 Å². The first kappa shape index (κ1) is 12.5. The second-order valence-corrected chi connectivity index (χ2v) is 4.65. The molecule has 0 bridgehead atoms. The summed E-state index contributed by atoms with van der Waals surface area (Å²) in [5, 5.41) is 0.0957. The highest BCUT2D eigenvalue weighted by molar-refractivity contribution is 5.77. The molecule has 2 aromatic rings. The normalized spacial score (nSPS) is 11.3. The van der Waals surface area contributed by atoms with Crippen molar-refractivity contribution in [2.24, 2.45) is 5.92 Å². The van der Waals surface area contributed by atoms with E-state index in [9.17, 15) is 14.0 Å². The molecular weight excluding hydrogens is 237 g/mol. The number of rotatable bonds is 3. The predicted octanol–water partition coefficient (Wildman–Crippen LogP) is 2.14. The third-order valence-electron chi connectivity index (χ3n) is 2.80. The maximum absolute atomic E-state index is 13.1. The van der Waals surface area contributed by atoms with Gasteiger partial charge in [0.05, 0.1) is 10.9 Å². The van der Waals surface area contributed by atoms with Crippen molar-refractivity contribution >= 4 is 10.9 Å². The van der Waals surface area contributed by atoms with Crippen molar-refractivity contribution in [3.8, 4) is 0 Å². The lowest BCUT2D eigenvalue weighted by atomic mass is 10.1. The van der Waals surface area contributed by atoms with Crippen molar-refractivity contribution in [2.45, 2.75) is 26.8 Å². The monoisotopic (exact) mass is 251 g/mol. The van der Waals surface area contributed by atoms with E-state index in [4.69, 9.17) is 0 Å². The Kier molecular flexibility index (Phi) is 3.32. The molecule has 1 heterocycles. The smallest absolute Gasteiger partial charge is 0.372 e. The zero-order valence-electron chi connectivity index (χ0n) is 10.3. The quantitative estimate of drug-likeness (QED) is 0.839. The predicted molar refractivity (Wildman–Crippen MR) is 66.2 cm³/mol. The van der Waals surface area contributed by atoms with Crippen molar-refractivity contribution in [1.29, 1.82) is 0 Å². The van der Waals surface area contributed by atoms with E-state index in [0.717, 1.165) is 12.5 Å². The maximum Gasteiger partial charge on any atom is 0.422 e. The van der Waals surface area contributed by atoms with Gasteiger partial charge in [0.15, 0.2) is 0 Å². The van der Waals surface area contributed by atoms with Crippen LogP contribution in [0.3, 0.4) is 0 Å². The van der Waals surface area contributed by atoms with Gasteiger partial charge in [-0.25, -0.2) is 14.0 Å². The molecule has 0 saturated heterocycles. The number of nitrogens with zero attached hydrogens (tertiary/aromatic N) is 1. The summed E-state index contributed by atoms with van der Waals surface area (Å²) in [5.41, 5.74) is -0.381. The van der Waals surface area contributed by atoms with Gasteiger partial charge in [-0.3, -0.25) is 4.57 Å². The number of hydrogen-bond acceptors (Lipinski definition) is 3. The Morgan fingerprint density at radius 3 is 2.72 bits per heavy atom. The highest BCUT2D eigenvalue weighted by Gasteiger charge is 2.10. The Bertz CT molecular complexity index is 685. The van der Waals surface area contributed by atoms with E-state index < -0.39 is 17.2 Å². The van der Waals surface area contributed by atoms with Gasteiger partial charge in [0.25, 0.3) is 0 Å². The number of hydrogen-bond donors (Lipinski definition) is 0. The van der Waals surface area contributed by atoms with E-state index in [1.807, 2.05) is 13.8 Å². The van der Waals surface area contributed by atoms with Crippen LogP contribution in [0.5, 0.6) is 0 Å².